The Balaban J connectivity index is -0.000000270. The van der Waals surface area contributed by atoms with E-state index in [4.69, 9.17) is 0 Å². The van der Waals surface area contributed by atoms with Crippen LogP contribution in [0.2, 0.25) is 0 Å². The van der Waals surface area contributed by atoms with Crippen LogP contribution in [0.4, 0.5) is 13.2 Å². The molecule has 0 spiro atoms. The summed E-state index contributed by atoms with van der Waals surface area (Å²) in [6.07, 6.45) is -4.18. The molecule has 0 saturated heterocycles. The molecule has 70 valence electrons. The maximum absolute atomic E-state index is 11.6. The Kier molecular flexibility index (Phi) is 10.8. The molecule has 0 saturated carbocycles. The molecule has 0 aromatic heterocycles. The number of rotatable bonds is 0. The predicted molar refractivity (Wildman–Crippen MR) is 27.0 cm³/mol. The maximum atomic E-state index is 11.6. The molecule has 1 rings (SSSR count). The van der Waals surface area contributed by atoms with E-state index in [2.05, 4.69) is 0 Å². The van der Waals surface area contributed by atoms with Crippen LogP contribution in [-0.4, -0.2) is 0 Å². The minimum atomic E-state index is -4.18. The van der Waals surface area contributed by atoms with Gasteiger partial charge in [-0.3, -0.25) is 0 Å². The fourth-order valence-corrected chi connectivity index (χ4v) is 0.563. The predicted octanol–water partition coefficient (Wildman–Crippen LogP) is -3.57. The molecule has 0 heterocycles. The summed E-state index contributed by atoms with van der Waals surface area (Å²) >= 11 is 0. The summed E-state index contributed by atoms with van der Waals surface area (Å²) in [5.41, 5.74) is -0.581. The molecule has 0 aliphatic rings. The first-order valence-electron chi connectivity index (χ1n) is 2.39. The Bertz CT molecular complexity index is 183. The van der Waals surface area contributed by atoms with E-state index in [0.717, 1.165) is 12.1 Å². The van der Waals surface area contributed by atoms with Crippen LogP contribution in [0.5, 0.6) is 0 Å². The standard InChI is InChI=1S/C6H4F3.2ClH.Hf/c7-6(8,9)5-3-1-2-4-5;;;/h1-4H;2*1H;/q-1;;;/p-2. The van der Waals surface area contributed by atoms with E-state index < -0.39 is 11.7 Å². The van der Waals surface area contributed by atoms with Crippen LogP contribution in [0.25, 0.3) is 0 Å². The first-order valence-corrected chi connectivity index (χ1v) is 2.39. The average Bonchev–Trinajstić information content (AvgIpc) is 2.08. The Labute approximate surface area is 99.5 Å². The zero-order chi connectivity index (χ0) is 6.91. The second-order valence-electron chi connectivity index (χ2n) is 1.67. The zero-order valence-corrected chi connectivity index (χ0v) is 10.8. The molecule has 1 aromatic carbocycles. The number of hydrogen-bond donors (Lipinski definition) is 0. The summed E-state index contributed by atoms with van der Waals surface area (Å²) in [6, 6.07) is 4.81. The molecule has 12 heavy (non-hydrogen) atoms. The third kappa shape index (κ3) is 5.27. The van der Waals surface area contributed by atoms with Crippen molar-refractivity contribution >= 4 is 0 Å². The van der Waals surface area contributed by atoms with Crippen LogP contribution in [0, 0.1) is 0 Å². The normalized spacial score (nSPS) is 8.92. The van der Waals surface area contributed by atoms with Gasteiger partial charge < -0.3 is 24.8 Å². The SMILES string of the molecule is FC(F)(F)[c-]1cccc1.[Cl-].[Cl-].[Hf]. The fourth-order valence-electron chi connectivity index (χ4n) is 0.563. The molecule has 6 heteroatoms. The molecule has 0 bridgehead atoms. The summed E-state index contributed by atoms with van der Waals surface area (Å²) in [4.78, 5) is 0. The van der Waals surface area contributed by atoms with Gasteiger partial charge in [0.15, 0.2) is 0 Å². The van der Waals surface area contributed by atoms with E-state index in [9.17, 15) is 13.2 Å². The fraction of sp³-hybridized carbons (Fsp3) is 0.167. The van der Waals surface area contributed by atoms with E-state index in [0.29, 0.717) is 0 Å². The summed E-state index contributed by atoms with van der Waals surface area (Å²) in [6.45, 7) is 0. The Morgan fingerprint density at radius 3 is 1.42 bits per heavy atom. The van der Waals surface area contributed by atoms with Crippen LogP contribution in [0.1, 0.15) is 5.56 Å². The van der Waals surface area contributed by atoms with Crippen molar-refractivity contribution in [1.29, 1.82) is 0 Å². The molecule has 0 radical (unpaired) electrons. The van der Waals surface area contributed by atoms with Crippen LogP contribution < -0.4 is 24.8 Å². The van der Waals surface area contributed by atoms with Crippen molar-refractivity contribution in [2.24, 2.45) is 0 Å². The first kappa shape index (κ1) is 18.4. The van der Waals surface area contributed by atoms with Gasteiger partial charge in [0.05, 0.1) is 0 Å². The van der Waals surface area contributed by atoms with E-state index in [1.807, 2.05) is 0 Å². The zero-order valence-electron chi connectivity index (χ0n) is 5.70. The Morgan fingerprint density at radius 1 is 0.917 bits per heavy atom. The van der Waals surface area contributed by atoms with Gasteiger partial charge in [-0.1, -0.05) is 5.56 Å². The third-order valence-electron chi connectivity index (χ3n) is 0.990. The molecule has 0 atom stereocenters. The van der Waals surface area contributed by atoms with Gasteiger partial charge in [0, 0.05) is 25.8 Å². The summed E-state index contributed by atoms with van der Waals surface area (Å²) in [5, 5.41) is 0. The van der Waals surface area contributed by atoms with Gasteiger partial charge in [0.25, 0.3) is 0 Å². The van der Waals surface area contributed by atoms with Crippen molar-refractivity contribution in [2.75, 3.05) is 0 Å². The molecular formula is C6H4Cl2F3Hf-3. The largest absolute Gasteiger partial charge is 1.00 e. The Hall–Kier alpha value is 0.590. The van der Waals surface area contributed by atoms with Crippen molar-refractivity contribution in [1.82, 2.24) is 0 Å². The van der Waals surface area contributed by atoms with Crippen LogP contribution in [0.15, 0.2) is 24.3 Å². The van der Waals surface area contributed by atoms with Crippen LogP contribution >= 0.6 is 0 Å². The molecule has 0 N–H and O–H groups in total. The van der Waals surface area contributed by atoms with Crippen LogP contribution in [0.3, 0.4) is 0 Å². The summed E-state index contributed by atoms with van der Waals surface area (Å²) in [5.74, 6) is 0. The van der Waals surface area contributed by atoms with Gasteiger partial charge in [-0.2, -0.15) is 25.3 Å². The van der Waals surface area contributed by atoms with Gasteiger partial charge in [-0.15, -0.1) is 0 Å². The molecule has 0 amide bonds. The molecule has 0 aliphatic carbocycles. The van der Waals surface area contributed by atoms with Gasteiger partial charge >= 0.3 is 6.18 Å². The van der Waals surface area contributed by atoms with E-state index >= 15 is 0 Å². The summed E-state index contributed by atoms with van der Waals surface area (Å²) in [7, 11) is 0. The van der Waals surface area contributed by atoms with Crippen LogP contribution in [-0.2, 0) is 32.0 Å². The first-order chi connectivity index (χ1) is 4.11. The second-order valence-corrected chi connectivity index (χ2v) is 1.67. The number of halogens is 5. The summed E-state index contributed by atoms with van der Waals surface area (Å²) < 4.78 is 34.9. The molecule has 1 aromatic rings. The van der Waals surface area contributed by atoms with E-state index in [1.165, 1.54) is 12.1 Å². The van der Waals surface area contributed by atoms with Gasteiger partial charge in [-0.05, 0) is 0 Å². The smallest absolute Gasteiger partial charge is 0.370 e. The monoisotopic (exact) mass is 383 g/mol. The molecular weight excluding hydrogens is 378 g/mol. The van der Waals surface area contributed by atoms with Crippen molar-refractivity contribution in [3.63, 3.8) is 0 Å². The van der Waals surface area contributed by atoms with E-state index in [-0.39, 0.29) is 50.7 Å². The van der Waals surface area contributed by atoms with Crippen molar-refractivity contribution in [3.05, 3.63) is 29.8 Å². The van der Waals surface area contributed by atoms with Crippen molar-refractivity contribution in [2.45, 2.75) is 6.18 Å². The van der Waals surface area contributed by atoms with Crippen molar-refractivity contribution < 1.29 is 63.8 Å². The minimum Gasteiger partial charge on any atom is -1.00 e. The van der Waals surface area contributed by atoms with Gasteiger partial charge in [0.2, 0.25) is 0 Å². The van der Waals surface area contributed by atoms with E-state index in [1.54, 1.807) is 0 Å². The van der Waals surface area contributed by atoms with Crippen molar-refractivity contribution in [3.8, 4) is 0 Å². The molecule has 0 unspecified atom stereocenters. The average molecular weight is 382 g/mol. The maximum Gasteiger partial charge on any atom is 0.370 e. The van der Waals surface area contributed by atoms with Gasteiger partial charge in [-0.25, -0.2) is 12.1 Å². The number of hydrogen-bond acceptors (Lipinski definition) is 0. The minimum absolute atomic E-state index is 0. The second kappa shape index (κ2) is 7.04. The third-order valence-corrected chi connectivity index (χ3v) is 0.990. The topological polar surface area (TPSA) is 0 Å². The molecule has 0 aliphatic heterocycles. The molecule has 0 nitrogen and oxygen atoms in total. The number of alkyl halides is 3. The Morgan fingerprint density at radius 2 is 1.25 bits per heavy atom. The quantitative estimate of drug-likeness (QED) is 0.322. The molecule has 0 fully saturated rings. The van der Waals surface area contributed by atoms with Gasteiger partial charge in [0.1, 0.15) is 0 Å².